The van der Waals surface area contributed by atoms with Gasteiger partial charge in [0.15, 0.2) is 5.82 Å². The summed E-state index contributed by atoms with van der Waals surface area (Å²) in [6.45, 7) is 0. The van der Waals surface area contributed by atoms with Crippen LogP contribution in [-0.4, -0.2) is 39.7 Å². The van der Waals surface area contributed by atoms with E-state index in [1.807, 2.05) is 37.1 Å². The highest BCUT2D eigenvalue weighted by Crippen LogP contribution is 2.31. The summed E-state index contributed by atoms with van der Waals surface area (Å²) < 4.78 is 5.42. The highest BCUT2D eigenvalue weighted by atomic mass is 32.2. The third-order valence-electron chi connectivity index (χ3n) is 3.34. The first kappa shape index (κ1) is 12.6. The van der Waals surface area contributed by atoms with Crippen LogP contribution in [0.3, 0.4) is 0 Å². The average Bonchev–Trinajstić information content (AvgIpc) is 3.07. The average molecular weight is 276 g/mol. The molecule has 6 heteroatoms. The van der Waals surface area contributed by atoms with Crippen molar-refractivity contribution in [1.29, 1.82) is 0 Å². The van der Waals surface area contributed by atoms with E-state index in [4.69, 9.17) is 4.52 Å². The molecule has 2 aromatic rings. The molecule has 1 aliphatic heterocycles. The Balaban J connectivity index is 1.73. The van der Waals surface area contributed by atoms with Gasteiger partial charge in [0.05, 0.1) is 5.92 Å². The standard InChI is InChI=1S/C13H16N4OS/c1-14-11-8-19-7-10(11)13-16-12(17-18-13)5-9-3-2-4-15-6-9/h2-4,6,10-11,14H,5,7-8H2,1H3. The Morgan fingerprint density at radius 3 is 3.21 bits per heavy atom. The maximum atomic E-state index is 5.42. The molecule has 1 N–H and O–H groups in total. The van der Waals surface area contributed by atoms with E-state index < -0.39 is 0 Å². The fourth-order valence-corrected chi connectivity index (χ4v) is 3.68. The monoisotopic (exact) mass is 276 g/mol. The molecule has 2 unspecified atom stereocenters. The molecule has 0 spiro atoms. The first-order valence-corrected chi connectivity index (χ1v) is 7.48. The van der Waals surface area contributed by atoms with Crippen LogP contribution in [-0.2, 0) is 6.42 Å². The Bertz CT molecular complexity index is 530. The van der Waals surface area contributed by atoms with E-state index in [-0.39, 0.29) is 0 Å². The van der Waals surface area contributed by atoms with Crippen LogP contribution in [0.1, 0.15) is 23.2 Å². The second-order valence-electron chi connectivity index (χ2n) is 4.63. The summed E-state index contributed by atoms with van der Waals surface area (Å²) in [5, 5.41) is 7.39. The van der Waals surface area contributed by atoms with Gasteiger partial charge in [-0.3, -0.25) is 4.98 Å². The van der Waals surface area contributed by atoms with E-state index in [2.05, 4.69) is 20.4 Å². The molecule has 0 saturated carbocycles. The molecular formula is C13H16N4OS. The molecule has 0 aromatic carbocycles. The molecular weight excluding hydrogens is 260 g/mol. The molecule has 0 bridgehead atoms. The normalized spacial score (nSPS) is 22.8. The molecule has 1 aliphatic rings. The quantitative estimate of drug-likeness (QED) is 0.912. The Morgan fingerprint density at radius 2 is 2.42 bits per heavy atom. The van der Waals surface area contributed by atoms with Gasteiger partial charge in [0, 0.05) is 36.4 Å². The lowest BCUT2D eigenvalue weighted by Crippen LogP contribution is -2.31. The van der Waals surface area contributed by atoms with E-state index in [1.165, 1.54) is 0 Å². The highest BCUT2D eigenvalue weighted by molar-refractivity contribution is 7.99. The second kappa shape index (κ2) is 5.71. The largest absolute Gasteiger partial charge is 0.339 e. The minimum atomic E-state index is 0.324. The zero-order valence-electron chi connectivity index (χ0n) is 10.7. The molecule has 2 atom stereocenters. The number of rotatable bonds is 4. The zero-order valence-corrected chi connectivity index (χ0v) is 11.6. The molecule has 19 heavy (non-hydrogen) atoms. The summed E-state index contributed by atoms with van der Waals surface area (Å²) in [5.41, 5.74) is 1.10. The molecule has 0 amide bonds. The molecule has 2 aromatic heterocycles. The maximum absolute atomic E-state index is 5.42. The van der Waals surface area contributed by atoms with Crippen molar-refractivity contribution in [2.75, 3.05) is 18.6 Å². The molecule has 3 rings (SSSR count). The fourth-order valence-electron chi connectivity index (χ4n) is 2.26. The van der Waals surface area contributed by atoms with E-state index >= 15 is 0 Å². The van der Waals surface area contributed by atoms with Gasteiger partial charge in [-0.15, -0.1) is 0 Å². The predicted octanol–water partition coefficient (Wildman–Crippen LogP) is 1.47. The van der Waals surface area contributed by atoms with Crippen molar-refractivity contribution in [3.63, 3.8) is 0 Å². The smallest absolute Gasteiger partial charge is 0.232 e. The minimum absolute atomic E-state index is 0.324. The Morgan fingerprint density at radius 1 is 1.47 bits per heavy atom. The van der Waals surface area contributed by atoms with Gasteiger partial charge >= 0.3 is 0 Å². The summed E-state index contributed by atoms with van der Waals surface area (Å²) in [6, 6.07) is 4.36. The molecule has 0 aliphatic carbocycles. The van der Waals surface area contributed by atoms with Gasteiger partial charge in [0.2, 0.25) is 5.89 Å². The fraction of sp³-hybridized carbons (Fsp3) is 0.462. The third kappa shape index (κ3) is 2.79. The molecule has 3 heterocycles. The predicted molar refractivity (Wildman–Crippen MR) is 74.3 cm³/mol. The minimum Gasteiger partial charge on any atom is -0.339 e. The van der Waals surface area contributed by atoms with E-state index in [0.29, 0.717) is 18.4 Å². The van der Waals surface area contributed by atoms with Crippen molar-refractivity contribution in [1.82, 2.24) is 20.4 Å². The van der Waals surface area contributed by atoms with Crippen LogP contribution >= 0.6 is 11.8 Å². The maximum Gasteiger partial charge on any atom is 0.232 e. The van der Waals surface area contributed by atoms with Crippen LogP contribution in [0.2, 0.25) is 0 Å². The summed E-state index contributed by atoms with van der Waals surface area (Å²) in [6.07, 6.45) is 4.26. The molecule has 5 nitrogen and oxygen atoms in total. The number of aromatic nitrogens is 3. The number of pyridine rings is 1. The van der Waals surface area contributed by atoms with Gasteiger partial charge in [-0.25, -0.2) is 0 Å². The van der Waals surface area contributed by atoms with Crippen molar-refractivity contribution >= 4 is 11.8 Å². The van der Waals surface area contributed by atoms with Crippen LogP contribution in [0.5, 0.6) is 0 Å². The van der Waals surface area contributed by atoms with E-state index in [9.17, 15) is 0 Å². The Labute approximate surface area is 116 Å². The zero-order chi connectivity index (χ0) is 13.1. The summed E-state index contributed by atoms with van der Waals surface area (Å²) >= 11 is 1.92. The molecule has 100 valence electrons. The first-order valence-electron chi connectivity index (χ1n) is 6.33. The number of thioether (sulfide) groups is 1. The summed E-state index contributed by atoms with van der Waals surface area (Å²) in [7, 11) is 1.98. The highest BCUT2D eigenvalue weighted by Gasteiger charge is 2.32. The summed E-state index contributed by atoms with van der Waals surface area (Å²) in [5.74, 6) is 3.95. The Hall–Kier alpha value is -1.40. The van der Waals surface area contributed by atoms with Gasteiger partial charge in [-0.05, 0) is 18.7 Å². The number of hydrogen-bond acceptors (Lipinski definition) is 6. The lowest BCUT2D eigenvalue weighted by Gasteiger charge is -2.13. The van der Waals surface area contributed by atoms with Gasteiger partial charge < -0.3 is 9.84 Å². The topological polar surface area (TPSA) is 63.8 Å². The second-order valence-corrected chi connectivity index (χ2v) is 5.70. The van der Waals surface area contributed by atoms with Crippen molar-refractivity contribution in [2.24, 2.45) is 0 Å². The van der Waals surface area contributed by atoms with Crippen LogP contribution in [0.4, 0.5) is 0 Å². The molecule has 1 fully saturated rings. The van der Waals surface area contributed by atoms with Crippen LogP contribution < -0.4 is 5.32 Å². The lowest BCUT2D eigenvalue weighted by molar-refractivity contribution is 0.341. The van der Waals surface area contributed by atoms with Crippen LogP contribution in [0, 0.1) is 0 Å². The number of nitrogens with zero attached hydrogens (tertiary/aromatic N) is 3. The molecule has 0 radical (unpaired) electrons. The van der Waals surface area contributed by atoms with Gasteiger partial charge in [0.1, 0.15) is 0 Å². The third-order valence-corrected chi connectivity index (χ3v) is 4.53. The lowest BCUT2D eigenvalue weighted by atomic mass is 10.0. The number of hydrogen-bond donors (Lipinski definition) is 1. The number of likely N-dealkylation sites (N-methyl/N-ethyl adjacent to an activating group) is 1. The van der Waals surface area contributed by atoms with Crippen molar-refractivity contribution in [3.05, 3.63) is 41.8 Å². The Kier molecular flexibility index (Phi) is 3.79. The van der Waals surface area contributed by atoms with Crippen molar-refractivity contribution in [3.8, 4) is 0 Å². The number of nitrogens with one attached hydrogen (secondary N) is 1. The van der Waals surface area contributed by atoms with Gasteiger partial charge in [0.25, 0.3) is 0 Å². The van der Waals surface area contributed by atoms with Crippen molar-refractivity contribution < 1.29 is 4.52 Å². The van der Waals surface area contributed by atoms with Crippen LogP contribution in [0.15, 0.2) is 29.0 Å². The summed E-state index contributed by atoms with van der Waals surface area (Å²) in [4.78, 5) is 8.62. The van der Waals surface area contributed by atoms with Gasteiger partial charge in [-0.1, -0.05) is 11.2 Å². The van der Waals surface area contributed by atoms with Gasteiger partial charge in [-0.2, -0.15) is 16.7 Å². The van der Waals surface area contributed by atoms with E-state index in [0.717, 1.165) is 28.8 Å². The first-order chi connectivity index (χ1) is 9.36. The molecule has 1 saturated heterocycles. The van der Waals surface area contributed by atoms with E-state index in [1.54, 1.807) is 6.20 Å². The SMILES string of the molecule is CNC1CSCC1c1nc(Cc2cccnc2)no1. The van der Waals surface area contributed by atoms with Crippen LogP contribution in [0.25, 0.3) is 0 Å². The van der Waals surface area contributed by atoms with Crippen molar-refractivity contribution in [2.45, 2.75) is 18.4 Å².